The molecule has 1 N–H and O–H groups in total. The first-order chi connectivity index (χ1) is 12.3. The van der Waals surface area contributed by atoms with Gasteiger partial charge in [0.05, 0.1) is 19.8 Å². The van der Waals surface area contributed by atoms with Crippen LogP contribution in [0.1, 0.15) is 6.92 Å². The Hall–Kier alpha value is -1.90. The number of nitrogens with one attached hydrogen (secondary N) is 1. The monoisotopic (exact) mass is 359 g/mol. The highest BCUT2D eigenvalue weighted by Crippen LogP contribution is 2.27. The van der Waals surface area contributed by atoms with E-state index in [1.165, 1.54) is 0 Å². The van der Waals surface area contributed by atoms with Gasteiger partial charge in [0.15, 0.2) is 5.65 Å². The minimum atomic E-state index is 0.641. The molecule has 3 heterocycles. The largest absolute Gasteiger partial charge is 0.494 e. The van der Waals surface area contributed by atoms with E-state index < -0.39 is 0 Å². The first-order valence-corrected chi connectivity index (χ1v) is 9.54. The van der Waals surface area contributed by atoms with E-state index in [9.17, 15) is 0 Å². The van der Waals surface area contributed by atoms with Crippen LogP contribution >= 0.6 is 11.8 Å². The summed E-state index contributed by atoms with van der Waals surface area (Å²) in [5.41, 5.74) is 2.55. The number of hydrogen-bond donors (Lipinski definition) is 1. The van der Waals surface area contributed by atoms with E-state index in [2.05, 4.69) is 25.1 Å². The lowest BCUT2D eigenvalue weighted by Gasteiger charge is -2.26. The number of aromatic nitrogens is 4. The Labute approximate surface area is 150 Å². The molecule has 0 bridgehead atoms. The van der Waals surface area contributed by atoms with E-state index in [0.717, 1.165) is 66.4 Å². The first-order valence-electron chi connectivity index (χ1n) is 8.55. The second kappa shape index (κ2) is 7.55. The fraction of sp³-hybridized carbons (Fsp3) is 0.471. The number of hydrogen-bond acceptors (Lipinski definition) is 7. The molecule has 1 fully saturated rings. The molecule has 0 radical (unpaired) electrons. The van der Waals surface area contributed by atoms with Crippen LogP contribution in [0.15, 0.2) is 23.4 Å². The molecular weight excluding hydrogens is 338 g/mol. The third kappa shape index (κ3) is 3.70. The van der Waals surface area contributed by atoms with E-state index in [0.29, 0.717) is 11.8 Å². The van der Waals surface area contributed by atoms with Crippen LogP contribution in [-0.2, 0) is 4.74 Å². The molecule has 0 aliphatic carbocycles. The highest BCUT2D eigenvalue weighted by Gasteiger charge is 2.12. The molecule has 4 rings (SSSR count). The predicted octanol–water partition coefficient (Wildman–Crippen LogP) is 2.33. The van der Waals surface area contributed by atoms with Crippen LogP contribution in [0.4, 0.5) is 0 Å². The van der Waals surface area contributed by atoms with E-state index in [1.807, 2.05) is 25.1 Å². The lowest BCUT2D eigenvalue weighted by molar-refractivity contribution is 0.0410. The quantitative estimate of drug-likeness (QED) is 0.677. The van der Waals surface area contributed by atoms with E-state index in [-0.39, 0.29) is 0 Å². The van der Waals surface area contributed by atoms with Crippen LogP contribution < -0.4 is 4.74 Å². The van der Waals surface area contributed by atoms with Crippen LogP contribution in [0.3, 0.4) is 0 Å². The molecule has 7 nitrogen and oxygen atoms in total. The molecule has 8 heteroatoms. The van der Waals surface area contributed by atoms with Crippen LogP contribution in [0.25, 0.3) is 22.1 Å². The molecule has 0 unspecified atom stereocenters. The molecule has 0 amide bonds. The van der Waals surface area contributed by atoms with Crippen molar-refractivity contribution in [1.29, 1.82) is 0 Å². The zero-order valence-corrected chi connectivity index (χ0v) is 15.0. The molecule has 25 heavy (non-hydrogen) atoms. The Balaban J connectivity index is 1.48. The van der Waals surface area contributed by atoms with Gasteiger partial charge in [0.2, 0.25) is 5.16 Å². The SMILES string of the molecule is CCOc1ccc2[nH]c3nc(SCCN4CCOCC4)nnc3c2c1. The first kappa shape index (κ1) is 16.6. The highest BCUT2D eigenvalue weighted by molar-refractivity contribution is 7.99. The van der Waals surface area contributed by atoms with Crippen molar-refractivity contribution in [2.24, 2.45) is 0 Å². The summed E-state index contributed by atoms with van der Waals surface area (Å²) in [6.07, 6.45) is 0. The number of rotatable bonds is 6. The number of ether oxygens (including phenoxy) is 2. The Bertz CT molecular complexity index is 863. The molecule has 0 spiro atoms. The number of H-pyrrole nitrogens is 1. The van der Waals surface area contributed by atoms with E-state index in [4.69, 9.17) is 9.47 Å². The molecule has 1 aliphatic heterocycles. The average Bonchev–Trinajstić information content (AvgIpc) is 3.00. The predicted molar refractivity (Wildman–Crippen MR) is 98.3 cm³/mol. The number of benzene rings is 1. The molecule has 2 aromatic heterocycles. The van der Waals surface area contributed by atoms with Crippen LogP contribution in [0.5, 0.6) is 5.75 Å². The maximum absolute atomic E-state index is 5.57. The second-order valence-corrected chi connectivity index (χ2v) is 6.92. The summed E-state index contributed by atoms with van der Waals surface area (Å²) in [6, 6.07) is 5.93. The van der Waals surface area contributed by atoms with Gasteiger partial charge in [0.25, 0.3) is 0 Å². The van der Waals surface area contributed by atoms with Gasteiger partial charge in [-0.3, -0.25) is 4.90 Å². The molecule has 1 aromatic carbocycles. The number of morpholine rings is 1. The summed E-state index contributed by atoms with van der Waals surface area (Å²) >= 11 is 1.64. The van der Waals surface area contributed by atoms with Gasteiger partial charge in [0.1, 0.15) is 11.3 Å². The minimum Gasteiger partial charge on any atom is -0.494 e. The molecule has 1 saturated heterocycles. The van der Waals surface area contributed by atoms with Crippen molar-refractivity contribution in [2.75, 3.05) is 45.2 Å². The molecule has 132 valence electrons. The molecule has 0 saturated carbocycles. The topological polar surface area (TPSA) is 76.2 Å². The van der Waals surface area contributed by atoms with Crippen molar-refractivity contribution in [3.63, 3.8) is 0 Å². The van der Waals surface area contributed by atoms with Crippen LogP contribution in [0.2, 0.25) is 0 Å². The normalized spacial score (nSPS) is 15.9. The zero-order valence-electron chi connectivity index (χ0n) is 14.2. The van der Waals surface area contributed by atoms with Crippen molar-refractivity contribution in [3.8, 4) is 5.75 Å². The van der Waals surface area contributed by atoms with Gasteiger partial charge in [-0.15, -0.1) is 10.2 Å². The summed E-state index contributed by atoms with van der Waals surface area (Å²) in [5, 5.41) is 10.4. The second-order valence-electron chi connectivity index (χ2n) is 5.86. The van der Waals surface area contributed by atoms with Crippen molar-refractivity contribution in [3.05, 3.63) is 18.2 Å². The van der Waals surface area contributed by atoms with Gasteiger partial charge in [-0.2, -0.15) is 0 Å². The van der Waals surface area contributed by atoms with Crippen molar-refractivity contribution < 1.29 is 9.47 Å². The third-order valence-corrected chi connectivity index (χ3v) is 5.04. The van der Waals surface area contributed by atoms with Crippen molar-refractivity contribution in [2.45, 2.75) is 12.1 Å². The standard InChI is InChI=1S/C17H21N5O2S/c1-2-24-12-3-4-14-13(11-12)15-16(18-14)19-17(21-20-15)25-10-7-22-5-8-23-9-6-22/h3-4,11H,2,5-10H2,1H3,(H,18,19,21). The number of thioether (sulfide) groups is 1. The average molecular weight is 359 g/mol. The van der Waals surface area contributed by atoms with Crippen LogP contribution in [-0.4, -0.2) is 70.3 Å². The molecule has 3 aromatic rings. The van der Waals surface area contributed by atoms with Gasteiger partial charge < -0.3 is 14.5 Å². The van der Waals surface area contributed by atoms with Crippen molar-refractivity contribution in [1.82, 2.24) is 25.1 Å². The fourth-order valence-electron chi connectivity index (χ4n) is 2.94. The zero-order chi connectivity index (χ0) is 17.1. The van der Waals surface area contributed by atoms with Gasteiger partial charge in [-0.25, -0.2) is 4.98 Å². The maximum Gasteiger partial charge on any atom is 0.211 e. The Morgan fingerprint density at radius 3 is 3.00 bits per heavy atom. The molecule has 1 aliphatic rings. The number of aromatic amines is 1. The maximum atomic E-state index is 5.57. The van der Waals surface area contributed by atoms with Gasteiger partial charge >= 0.3 is 0 Å². The fourth-order valence-corrected chi connectivity index (χ4v) is 3.73. The molecule has 0 atom stereocenters. The van der Waals surface area contributed by atoms with Gasteiger partial charge in [-0.1, -0.05) is 11.8 Å². The Morgan fingerprint density at radius 1 is 1.28 bits per heavy atom. The van der Waals surface area contributed by atoms with Gasteiger partial charge in [0, 0.05) is 36.3 Å². The summed E-state index contributed by atoms with van der Waals surface area (Å²) in [7, 11) is 0. The Kier molecular flexibility index (Phi) is 5.00. The summed E-state index contributed by atoms with van der Waals surface area (Å²) < 4.78 is 10.9. The van der Waals surface area contributed by atoms with Gasteiger partial charge in [-0.05, 0) is 25.1 Å². The summed E-state index contributed by atoms with van der Waals surface area (Å²) in [6.45, 7) is 7.29. The number of nitrogens with zero attached hydrogens (tertiary/aromatic N) is 4. The minimum absolute atomic E-state index is 0.641. The van der Waals surface area contributed by atoms with Crippen LogP contribution in [0, 0.1) is 0 Å². The molecular formula is C17H21N5O2S. The lowest BCUT2D eigenvalue weighted by atomic mass is 10.2. The van der Waals surface area contributed by atoms with E-state index >= 15 is 0 Å². The Morgan fingerprint density at radius 2 is 2.16 bits per heavy atom. The summed E-state index contributed by atoms with van der Waals surface area (Å²) in [5.74, 6) is 1.78. The highest BCUT2D eigenvalue weighted by atomic mass is 32.2. The number of fused-ring (bicyclic) bond motifs is 3. The lowest BCUT2D eigenvalue weighted by Crippen LogP contribution is -2.37. The summed E-state index contributed by atoms with van der Waals surface area (Å²) in [4.78, 5) is 10.3. The third-order valence-electron chi connectivity index (χ3n) is 4.22. The van der Waals surface area contributed by atoms with E-state index in [1.54, 1.807) is 11.8 Å². The van der Waals surface area contributed by atoms with Crippen molar-refractivity contribution >= 4 is 33.8 Å². The smallest absolute Gasteiger partial charge is 0.211 e.